The number of carbonyl (C=O) groups is 1. The molecule has 0 heterocycles. The number of ether oxygens (including phenoxy) is 2. The van der Waals surface area contributed by atoms with Crippen LogP contribution in [0.5, 0.6) is 5.75 Å². The average Bonchev–Trinajstić information content (AvgIpc) is 2.39. The molecule has 0 bridgehead atoms. The van der Waals surface area contributed by atoms with Crippen LogP contribution in [0.1, 0.15) is 24.9 Å². The standard InChI is InChI=1S/C13H19NO3/c1-4-8-14-12(13(15)17-3)10-6-5-7-11(9-10)16-2/h5-7,9,12,14H,4,8H2,1-3H3. The second kappa shape index (κ2) is 6.91. The molecule has 94 valence electrons. The van der Waals surface area contributed by atoms with Gasteiger partial charge in [-0.2, -0.15) is 0 Å². The molecule has 1 atom stereocenters. The van der Waals surface area contributed by atoms with E-state index in [1.807, 2.05) is 31.2 Å². The minimum atomic E-state index is -0.435. The van der Waals surface area contributed by atoms with Gasteiger partial charge < -0.3 is 14.8 Å². The van der Waals surface area contributed by atoms with E-state index in [2.05, 4.69) is 5.32 Å². The van der Waals surface area contributed by atoms with Gasteiger partial charge >= 0.3 is 5.97 Å². The van der Waals surface area contributed by atoms with Crippen LogP contribution in [0.4, 0.5) is 0 Å². The molecule has 1 rings (SSSR count). The van der Waals surface area contributed by atoms with Crippen LogP contribution >= 0.6 is 0 Å². The lowest BCUT2D eigenvalue weighted by atomic mass is 10.1. The number of methoxy groups -OCH3 is 2. The lowest BCUT2D eigenvalue weighted by Crippen LogP contribution is -2.30. The van der Waals surface area contributed by atoms with Crippen molar-refractivity contribution < 1.29 is 14.3 Å². The minimum absolute atomic E-state index is 0.285. The van der Waals surface area contributed by atoms with Crippen molar-refractivity contribution >= 4 is 5.97 Å². The van der Waals surface area contributed by atoms with Crippen LogP contribution in [-0.4, -0.2) is 26.7 Å². The van der Waals surface area contributed by atoms with Crippen molar-refractivity contribution in [2.75, 3.05) is 20.8 Å². The highest BCUT2D eigenvalue weighted by atomic mass is 16.5. The van der Waals surface area contributed by atoms with Crippen molar-refractivity contribution in [1.82, 2.24) is 5.32 Å². The number of carbonyl (C=O) groups excluding carboxylic acids is 1. The first-order valence-corrected chi connectivity index (χ1v) is 5.68. The summed E-state index contributed by atoms with van der Waals surface area (Å²) in [7, 11) is 2.99. The zero-order valence-electron chi connectivity index (χ0n) is 10.5. The number of hydrogen-bond acceptors (Lipinski definition) is 4. The second-order valence-electron chi connectivity index (χ2n) is 3.69. The van der Waals surface area contributed by atoms with Crippen LogP contribution < -0.4 is 10.1 Å². The summed E-state index contributed by atoms with van der Waals surface area (Å²) in [5.74, 6) is 0.446. The Labute approximate surface area is 102 Å². The lowest BCUT2D eigenvalue weighted by Gasteiger charge is -2.17. The summed E-state index contributed by atoms with van der Waals surface area (Å²) >= 11 is 0. The van der Waals surface area contributed by atoms with Crippen LogP contribution in [0.25, 0.3) is 0 Å². The third-order valence-electron chi connectivity index (χ3n) is 2.46. The van der Waals surface area contributed by atoms with Crippen molar-refractivity contribution in [3.8, 4) is 5.75 Å². The first kappa shape index (κ1) is 13.5. The van der Waals surface area contributed by atoms with E-state index in [4.69, 9.17) is 9.47 Å². The molecule has 0 aromatic heterocycles. The quantitative estimate of drug-likeness (QED) is 0.768. The minimum Gasteiger partial charge on any atom is -0.497 e. The van der Waals surface area contributed by atoms with Gasteiger partial charge in [-0.3, -0.25) is 0 Å². The molecule has 0 aliphatic carbocycles. The molecule has 0 amide bonds. The van der Waals surface area contributed by atoms with E-state index in [-0.39, 0.29) is 5.97 Å². The molecule has 0 saturated carbocycles. The number of benzene rings is 1. The van der Waals surface area contributed by atoms with Crippen molar-refractivity contribution in [2.24, 2.45) is 0 Å². The molecular formula is C13H19NO3. The molecule has 0 aliphatic rings. The Kier molecular flexibility index (Phi) is 5.49. The van der Waals surface area contributed by atoms with E-state index in [1.165, 1.54) is 7.11 Å². The Morgan fingerprint density at radius 3 is 2.76 bits per heavy atom. The van der Waals surface area contributed by atoms with Crippen LogP contribution in [-0.2, 0) is 9.53 Å². The van der Waals surface area contributed by atoms with E-state index < -0.39 is 6.04 Å². The van der Waals surface area contributed by atoms with Crippen LogP contribution in [0.2, 0.25) is 0 Å². The zero-order chi connectivity index (χ0) is 12.7. The maximum atomic E-state index is 11.7. The predicted octanol–water partition coefficient (Wildman–Crippen LogP) is 1.91. The molecule has 4 nitrogen and oxygen atoms in total. The van der Waals surface area contributed by atoms with Gasteiger partial charge in [0, 0.05) is 0 Å². The van der Waals surface area contributed by atoms with E-state index in [1.54, 1.807) is 7.11 Å². The Morgan fingerprint density at radius 1 is 1.41 bits per heavy atom. The third-order valence-corrected chi connectivity index (χ3v) is 2.46. The van der Waals surface area contributed by atoms with Gasteiger partial charge in [-0.1, -0.05) is 19.1 Å². The zero-order valence-corrected chi connectivity index (χ0v) is 10.5. The normalized spacial score (nSPS) is 11.9. The number of esters is 1. The Bertz CT molecular complexity index is 365. The second-order valence-corrected chi connectivity index (χ2v) is 3.69. The number of nitrogens with one attached hydrogen (secondary N) is 1. The molecule has 17 heavy (non-hydrogen) atoms. The first-order valence-electron chi connectivity index (χ1n) is 5.68. The summed E-state index contributed by atoms with van der Waals surface area (Å²) in [5, 5.41) is 3.16. The molecule has 1 aromatic rings. The van der Waals surface area contributed by atoms with Gasteiger partial charge in [-0.25, -0.2) is 4.79 Å². The lowest BCUT2D eigenvalue weighted by molar-refractivity contribution is -0.143. The van der Waals surface area contributed by atoms with E-state index in [0.717, 1.165) is 24.3 Å². The molecule has 0 saturated heterocycles. The highest BCUT2D eigenvalue weighted by molar-refractivity contribution is 5.77. The third kappa shape index (κ3) is 3.75. The summed E-state index contributed by atoms with van der Waals surface area (Å²) in [6, 6.07) is 6.99. The van der Waals surface area contributed by atoms with Crippen LogP contribution in [0, 0.1) is 0 Å². The summed E-state index contributed by atoms with van der Waals surface area (Å²) in [4.78, 5) is 11.7. The van der Waals surface area contributed by atoms with Crippen molar-refractivity contribution in [2.45, 2.75) is 19.4 Å². The van der Waals surface area contributed by atoms with E-state index >= 15 is 0 Å². The predicted molar refractivity (Wildman–Crippen MR) is 66.0 cm³/mol. The van der Waals surface area contributed by atoms with Crippen LogP contribution in [0.15, 0.2) is 24.3 Å². The van der Waals surface area contributed by atoms with Gasteiger partial charge in [0.1, 0.15) is 11.8 Å². The molecule has 0 radical (unpaired) electrons. The average molecular weight is 237 g/mol. The highest BCUT2D eigenvalue weighted by Crippen LogP contribution is 2.20. The van der Waals surface area contributed by atoms with Gasteiger partial charge in [0.15, 0.2) is 0 Å². The van der Waals surface area contributed by atoms with Crippen molar-refractivity contribution in [1.29, 1.82) is 0 Å². The number of rotatable bonds is 6. The smallest absolute Gasteiger partial charge is 0.327 e. The molecule has 0 aliphatic heterocycles. The Balaban J connectivity index is 2.90. The fourth-order valence-corrected chi connectivity index (χ4v) is 1.56. The molecule has 1 unspecified atom stereocenters. The first-order chi connectivity index (χ1) is 8.22. The topological polar surface area (TPSA) is 47.6 Å². The summed E-state index contributed by atoms with van der Waals surface area (Å²) in [6.07, 6.45) is 0.956. The molecule has 1 N–H and O–H groups in total. The largest absolute Gasteiger partial charge is 0.497 e. The van der Waals surface area contributed by atoms with Gasteiger partial charge in [0.2, 0.25) is 0 Å². The van der Waals surface area contributed by atoms with Crippen molar-refractivity contribution in [3.63, 3.8) is 0 Å². The van der Waals surface area contributed by atoms with E-state index in [9.17, 15) is 4.79 Å². The summed E-state index contributed by atoms with van der Waals surface area (Å²) in [6.45, 7) is 2.81. The van der Waals surface area contributed by atoms with Crippen molar-refractivity contribution in [3.05, 3.63) is 29.8 Å². The highest BCUT2D eigenvalue weighted by Gasteiger charge is 2.20. The molecule has 0 fully saturated rings. The molecule has 1 aromatic carbocycles. The van der Waals surface area contributed by atoms with Gasteiger partial charge in [-0.05, 0) is 30.7 Å². The van der Waals surface area contributed by atoms with E-state index in [0.29, 0.717) is 0 Å². The van der Waals surface area contributed by atoms with Crippen LogP contribution in [0.3, 0.4) is 0 Å². The summed E-state index contributed by atoms with van der Waals surface area (Å²) < 4.78 is 9.94. The molecule has 4 heteroatoms. The Morgan fingerprint density at radius 2 is 2.18 bits per heavy atom. The monoisotopic (exact) mass is 237 g/mol. The molecule has 0 spiro atoms. The fraction of sp³-hybridized carbons (Fsp3) is 0.462. The fourth-order valence-electron chi connectivity index (χ4n) is 1.56. The molecular weight excluding hydrogens is 218 g/mol. The SMILES string of the molecule is CCCNC(C(=O)OC)c1cccc(OC)c1. The van der Waals surface area contributed by atoms with Gasteiger partial charge in [-0.15, -0.1) is 0 Å². The Hall–Kier alpha value is -1.55. The number of hydrogen-bond donors (Lipinski definition) is 1. The van der Waals surface area contributed by atoms with Gasteiger partial charge in [0.25, 0.3) is 0 Å². The van der Waals surface area contributed by atoms with Gasteiger partial charge in [0.05, 0.1) is 14.2 Å². The maximum Gasteiger partial charge on any atom is 0.327 e. The summed E-state index contributed by atoms with van der Waals surface area (Å²) in [5.41, 5.74) is 0.852. The maximum absolute atomic E-state index is 11.7.